The van der Waals surface area contributed by atoms with Crippen LogP contribution in [0.3, 0.4) is 0 Å². The third-order valence-corrected chi connectivity index (χ3v) is 10.4. The lowest BCUT2D eigenvalue weighted by atomic mass is 9.54. The number of carbonyl (C=O) groups excluding carboxylic acids is 3. The number of carbonyl (C=O) groups is 3. The maximum atomic E-state index is 14.6. The molecule has 1 heterocycles. The van der Waals surface area contributed by atoms with Crippen molar-refractivity contribution in [3.8, 4) is 0 Å². The number of halogens is 2. The molecule has 1 aliphatic heterocycles. The number of amides is 3. The molecule has 0 unspecified atom stereocenters. The molecule has 0 aromatic heterocycles. The molecular weight excluding hydrogens is 567 g/mol. The Hall–Kier alpha value is -3.93. The number of imide groups is 1. The first-order valence-electron chi connectivity index (χ1n) is 14.2. The van der Waals surface area contributed by atoms with Crippen molar-refractivity contribution >= 4 is 46.6 Å². The average Bonchev–Trinajstić information content (AvgIpc) is 3.30. The summed E-state index contributed by atoms with van der Waals surface area (Å²) in [5, 5.41) is 2.95. The van der Waals surface area contributed by atoms with Crippen molar-refractivity contribution in [1.29, 1.82) is 0 Å². The van der Waals surface area contributed by atoms with Gasteiger partial charge in [0.2, 0.25) is 17.7 Å². The molecule has 7 heteroatoms. The SMILES string of the molecule is CCc1ccc(NC(=O)[C@H](Cc2ccccc2)N2C(=O)[C@H]3[C@H](C2=O)C2(Cl)c4ccccc4C3(Cl)c3ccccc32)cc1. The summed E-state index contributed by atoms with van der Waals surface area (Å²) in [4.78, 5) is 41.7. The fourth-order valence-corrected chi connectivity index (χ4v) is 8.28. The fraction of sp³-hybridized carbons (Fsp3) is 0.229. The van der Waals surface area contributed by atoms with Gasteiger partial charge in [-0.2, -0.15) is 0 Å². The van der Waals surface area contributed by atoms with Gasteiger partial charge in [-0.3, -0.25) is 19.3 Å². The topological polar surface area (TPSA) is 66.5 Å². The van der Waals surface area contributed by atoms with Gasteiger partial charge < -0.3 is 5.32 Å². The first kappa shape index (κ1) is 26.9. The number of hydrogen-bond acceptors (Lipinski definition) is 3. The number of rotatable bonds is 6. The Balaban J connectivity index is 1.34. The number of nitrogens with zero attached hydrogens (tertiary/aromatic N) is 1. The third kappa shape index (κ3) is 3.66. The molecule has 4 aromatic rings. The molecule has 8 rings (SSSR count). The van der Waals surface area contributed by atoms with Crippen molar-refractivity contribution in [2.45, 2.75) is 35.6 Å². The molecule has 3 atom stereocenters. The zero-order valence-corrected chi connectivity index (χ0v) is 24.4. The lowest BCUT2D eigenvalue weighted by molar-refractivity contribution is -0.146. The van der Waals surface area contributed by atoms with Crippen molar-refractivity contribution in [3.05, 3.63) is 137 Å². The molecule has 0 radical (unpaired) electrons. The Kier molecular flexibility index (Phi) is 6.30. The molecule has 5 nitrogen and oxygen atoms in total. The summed E-state index contributed by atoms with van der Waals surface area (Å²) in [6.07, 6.45) is 1.02. The van der Waals surface area contributed by atoms with Gasteiger partial charge in [-0.25, -0.2) is 0 Å². The molecule has 4 aliphatic rings. The van der Waals surface area contributed by atoms with Gasteiger partial charge in [-0.1, -0.05) is 97.9 Å². The molecule has 210 valence electrons. The van der Waals surface area contributed by atoms with Crippen molar-refractivity contribution in [3.63, 3.8) is 0 Å². The second-order valence-electron chi connectivity index (χ2n) is 11.3. The van der Waals surface area contributed by atoms with E-state index in [1.54, 1.807) is 0 Å². The minimum Gasteiger partial charge on any atom is -0.324 e. The zero-order valence-electron chi connectivity index (χ0n) is 22.9. The van der Waals surface area contributed by atoms with Crippen LogP contribution in [0, 0.1) is 11.8 Å². The van der Waals surface area contributed by atoms with Crippen molar-refractivity contribution in [2.75, 3.05) is 5.32 Å². The Morgan fingerprint density at radius 1 is 0.714 bits per heavy atom. The Morgan fingerprint density at radius 3 is 1.62 bits per heavy atom. The number of hydrogen-bond donors (Lipinski definition) is 1. The lowest BCUT2D eigenvalue weighted by Crippen LogP contribution is -2.57. The fourth-order valence-electron chi connectivity index (χ4n) is 7.18. The molecule has 0 saturated carbocycles. The van der Waals surface area contributed by atoms with E-state index in [1.807, 2.05) is 103 Å². The van der Waals surface area contributed by atoms with Crippen molar-refractivity contribution < 1.29 is 14.4 Å². The van der Waals surface area contributed by atoms with Gasteiger partial charge >= 0.3 is 0 Å². The smallest absolute Gasteiger partial charge is 0.248 e. The van der Waals surface area contributed by atoms with E-state index >= 15 is 0 Å². The van der Waals surface area contributed by atoms with Crippen LogP contribution in [0.25, 0.3) is 0 Å². The highest BCUT2D eigenvalue weighted by Crippen LogP contribution is 2.69. The number of alkyl halides is 2. The van der Waals surface area contributed by atoms with Gasteiger partial charge in [-0.05, 0) is 51.9 Å². The molecule has 2 bridgehead atoms. The molecule has 1 saturated heterocycles. The Morgan fingerprint density at radius 2 is 1.17 bits per heavy atom. The summed E-state index contributed by atoms with van der Waals surface area (Å²) in [6, 6.07) is 30.9. The highest BCUT2D eigenvalue weighted by molar-refractivity contribution is 6.36. The lowest BCUT2D eigenvalue weighted by Gasteiger charge is -2.54. The van der Waals surface area contributed by atoms with Gasteiger partial charge in [0.15, 0.2) is 0 Å². The normalized spacial score (nSPS) is 25.9. The van der Waals surface area contributed by atoms with Gasteiger partial charge in [0, 0.05) is 12.1 Å². The van der Waals surface area contributed by atoms with Gasteiger partial charge in [0.05, 0.1) is 11.8 Å². The van der Waals surface area contributed by atoms with Crippen LogP contribution in [0.4, 0.5) is 5.69 Å². The van der Waals surface area contributed by atoms with E-state index in [2.05, 4.69) is 12.2 Å². The Labute approximate surface area is 254 Å². The maximum absolute atomic E-state index is 14.6. The zero-order chi connectivity index (χ0) is 29.2. The van der Waals surface area contributed by atoms with Crippen molar-refractivity contribution in [2.24, 2.45) is 11.8 Å². The minimum atomic E-state index is -1.31. The van der Waals surface area contributed by atoms with Crippen LogP contribution >= 0.6 is 23.2 Å². The van der Waals surface area contributed by atoms with Crippen LogP contribution in [-0.2, 0) is 37.0 Å². The summed E-state index contributed by atoms with van der Waals surface area (Å²) in [6.45, 7) is 2.06. The first-order valence-corrected chi connectivity index (χ1v) is 14.9. The van der Waals surface area contributed by atoms with E-state index in [0.29, 0.717) is 5.69 Å². The number of likely N-dealkylation sites (tertiary alicyclic amines) is 1. The van der Waals surface area contributed by atoms with Crippen LogP contribution in [-0.4, -0.2) is 28.7 Å². The van der Waals surface area contributed by atoms with Crippen LogP contribution in [0.1, 0.15) is 40.3 Å². The number of anilines is 1. The van der Waals surface area contributed by atoms with Crippen LogP contribution in [0.5, 0.6) is 0 Å². The molecule has 42 heavy (non-hydrogen) atoms. The predicted molar refractivity (Wildman–Crippen MR) is 163 cm³/mol. The van der Waals surface area contributed by atoms with E-state index in [9.17, 15) is 14.4 Å². The van der Waals surface area contributed by atoms with E-state index in [1.165, 1.54) is 0 Å². The quantitative estimate of drug-likeness (QED) is 0.208. The predicted octanol–water partition coefficient (Wildman–Crippen LogP) is 6.39. The molecule has 1 fully saturated rings. The second kappa shape index (κ2) is 9.82. The highest BCUT2D eigenvalue weighted by atomic mass is 35.5. The average molecular weight is 596 g/mol. The molecule has 3 amide bonds. The van der Waals surface area contributed by atoms with Gasteiger partial charge in [0.1, 0.15) is 15.8 Å². The van der Waals surface area contributed by atoms with Crippen molar-refractivity contribution in [1.82, 2.24) is 4.90 Å². The van der Waals surface area contributed by atoms with E-state index < -0.39 is 45.3 Å². The number of aryl methyl sites for hydroxylation is 1. The first-order chi connectivity index (χ1) is 20.3. The summed E-state index contributed by atoms with van der Waals surface area (Å²) >= 11 is 15.2. The monoisotopic (exact) mass is 594 g/mol. The molecule has 4 aromatic carbocycles. The van der Waals surface area contributed by atoms with E-state index in [-0.39, 0.29) is 6.42 Å². The minimum absolute atomic E-state index is 0.154. The van der Waals surface area contributed by atoms with Gasteiger partial charge in [0.25, 0.3) is 0 Å². The summed E-state index contributed by atoms with van der Waals surface area (Å²) < 4.78 is 0. The summed E-state index contributed by atoms with van der Waals surface area (Å²) in [5.74, 6) is -3.34. The van der Waals surface area contributed by atoms with Gasteiger partial charge in [-0.15, -0.1) is 23.2 Å². The highest BCUT2D eigenvalue weighted by Gasteiger charge is 2.73. The molecular formula is C35H28Cl2N2O3. The Bertz CT molecular complexity index is 1620. The van der Waals surface area contributed by atoms with Crippen LogP contribution in [0.15, 0.2) is 103 Å². The van der Waals surface area contributed by atoms with Crippen LogP contribution < -0.4 is 5.32 Å². The molecule has 1 N–H and O–H groups in total. The summed E-state index contributed by atoms with van der Waals surface area (Å²) in [5.41, 5.74) is 5.46. The molecule has 0 spiro atoms. The number of nitrogens with one attached hydrogen (secondary N) is 1. The molecule has 3 aliphatic carbocycles. The summed E-state index contributed by atoms with van der Waals surface area (Å²) in [7, 11) is 0. The largest absolute Gasteiger partial charge is 0.324 e. The number of benzene rings is 4. The standard InChI is InChI=1S/C35H28Cl2N2O3/c1-2-21-16-18-23(19-17-21)38-31(40)28(20-22-10-4-3-5-11-22)39-32(41)29-30(33(39)42)35(37)25-13-7-6-12-24(25)34(29,36)26-14-8-9-15-27(26)35/h3-19,28-30H,2,20H2,1H3,(H,38,40)/t28-,29+,30+,34?,35?/m0/s1. The second-order valence-corrected chi connectivity index (χ2v) is 12.5. The van der Waals surface area contributed by atoms with Crippen LogP contribution in [0.2, 0.25) is 0 Å². The van der Waals surface area contributed by atoms with E-state index in [4.69, 9.17) is 23.2 Å². The third-order valence-electron chi connectivity index (χ3n) is 9.14. The maximum Gasteiger partial charge on any atom is 0.248 e. The van der Waals surface area contributed by atoms with E-state index in [0.717, 1.165) is 44.7 Å².